The summed E-state index contributed by atoms with van der Waals surface area (Å²) in [5, 5.41) is 12.2. The predicted molar refractivity (Wildman–Crippen MR) is 127 cm³/mol. The molecule has 0 spiro atoms. The normalized spacial score (nSPS) is 13.4. The van der Waals surface area contributed by atoms with Crippen molar-refractivity contribution in [1.29, 1.82) is 5.26 Å². The van der Waals surface area contributed by atoms with Gasteiger partial charge in [-0.2, -0.15) is 5.26 Å². The Labute approximate surface area is 197 Å². The molecule has 1 amide bonds. The van der Waals surface area contributed by atoms with Crippen LogP contribution in [-0.2, 0) is 22.5 Å². The van der Waals surface area contributed by atoms with E-state index < -0.39 is 0 Å². The molecule has 0 radical (unpaired) electrons. The molecule has 1 saturated heterocycles. The van der Waals surface area contributed by atoms with Crippen molar-refractivity contribution < 1.29 is 9.53 Å². The number of rotatable bonds is 8. The maximum absolute atomic E-state index is 11.4. The number of carbonyl (C=O) groups is 1. The molecule has 0 saturated carbocycles. The molecule has 8 heteroatoms. The fourth-order valence-electron chi connectivity index (χ4n) is 3.48. The largest absolute Gasteiger partial charge is 0.378 e. The van der Waals surface area contributed by atoms with Crippen LogP contribution >= 0.6 is 11.8 Å². The van der Waals surface area contributed by atoms with Gasteiger partial charge in [0.05, 0.1) is 19.3 Å². The second-order valence-electron chi connectivity index (χ2n) is 7.61. The lowest BCUT2D eigenvalue weighted by Gasteiger charge is -2.28. The first-order chi connectivity index (χ1) is 16.2. The average Bonchev–Trinajstić information content (AvgIpc) is 2.85. The first-order valence-corrected chi connectivity index (χ1v) is 11.7. The monoisotopic (exact) mass is 459 g/mol. The second kappa shape index (κ2) is 11.5. The Balaban J connectivity index is 1.33. The number of ether oxygens (including phenoxy) is 1. The highest BCUT2D eigenvalue weighted by molar-refractivity contribution is 7.99. The lowest BCUT2D eigenvalue weighted by atomic mass is 10.1. The van der Waals surface area contributed by atoms with E-state index in [9.17, 15) is 4.79 Å². The summed E-state index contributed by atoms with van der Waals surface area (Å²) in [6.07, 6.45) is 2.35. The van der Waals surface area contributed by atoms with Gasteiger partial charge in [-0.1, -0.05) is 36.0 Å². The number of hydrogen-bond acceptors (Lipinski definition) is 7. The Morgan fingerprint density at radius 3 is 2.52 bits per heavy atom. The molecule has 2 heterocycles. The number of morpholine rings is 1. The van der Waals surface area contributed by atoms with Crippen molar-refractivity contribution in [1.82, 2.24) is 15.3 Å². The standard InChI is InChI=1S/C25H25N5O2S/c26-11-9-24(31)28-18-20-3-7-22(8-4-20)33-25-10-12-27-23(29-25)17-19-1-5-21(6-2-19)30-13-15-32-16-14-30/h1-8,10,12H,9,13-18H2,(H,28,31). The van der Waals surface area contributed by atoms with Gasteiger partial charge in [-0.3, -0.25) is 4.79 Å². The summed E-state index contributed by atoms with van der Waals surface area (Å²) in [6, 6.07) is 20.3. The van der Waals surface area contributed by atoms with E-state index in [-0.39, 0.29) is 12.3 Å². The van der Waals surface area contributed by atoms with Crippen LogP contribution in [0.5, 0.6) is 0 Å². The molecule has 1 aliphatic heterocycles. The molecule has 2 aromatic carbocycles. The number of aromatic nitrogens is 2. The summed E-state index contributed by atoms with van der Waals surface area (Å²) in [5.74, 6) is 0.524. The highest BCUT2D eigenvalue weighted by Gasteiger charge is 2.11. The molecule has 0 unspecified atom stereocenters. The number of hydrogen-bond donors (Lipinski definition) is 1. The van der Waals surface area contributed by atoms with E-state index in [1.165, 1.54) is 11.3 Å². The quantitative estimate of drug-likeness (QED) is 0.515. The molecule has 1 N–H and O–H groups in total. The molecule has 1 aliphatic rings. The minimum absolute atomic E-state index is 0.123. The molecule has 0 aliphatic carbocycles. The average molecular weight is 460 g/mol. The van der Waals surface area contributed by atoms with Gasteiger partial charge in [0.2, 0.25) is 5.91 Å². The van der Waals surface area contributed by atoms with E-state index in [0.717, 1.165) is 47.6 Å². The van der Waals surface area contributed by atoms with Gasteiger partial charge < -0.3 is 15.0 Å². The van der Waals surface area contributed by atoms with Crippen molar-refractivity contribution in [2.45, 2.75) is 29.3 Å². The topological polar surface area (TPSA) is 91.1 Å². The number of nitriles is 1. The van der Waals surface area contributed by atoms with Crippen LogP contribution in [0.15, 0.2) is 70.7 Å². The zero-order valence-electron chi connectivity index (χ0n) is 18.2. The van der Waals surface area contributed by atoms with Crippen LogP contribution in [0.3, 0.4) is 0 Å². The smallest absolute Gasteiger partial charge is 0.234 e. The van der Waals surface area contributed by atoms with Gasteiger partial charge in [-0.05, 0) is 41.5 Å². The van der Waals surface area contributed by atoms with Gasteiger partial charge in [0, 0.05) is 42.8 Å². The van der Waals surface area contributed by atoms with Gasteiger partial charge in [0.1, 0.15) is 17.3 Å². The summed E-state index contributed by atoms with van der Waals surface area (Å²) in [4.78, 5) is 24.0. The van der Waals surface area contributed by atoms with Crippen LogP contribution in [0.2, 0.25) is 0 Å². The van der Waals surface area contributed by atoms with Gasteiger partial charge >= 0.3 is 0 Å². The minimum atomic E-state index is -0.264. The maximum atomic E-state index is 11.4. The SMILES string of the molecule is N#CCC(=O)NCc1ccc(Sc2ccnc(Cc3ccc(N4CCOCC4)cc3)n2)cc1. The zero-order chi connectivity index (χ0) is 22.9. The summed E-state index contributed by atoms with van der Waals surface area (Å²) >= 11 is 1.57. The van der Waals surface area contributed by atoms with Crippen LogP contribution in [-0.4, -0.2) is 42.2 Å². The lowest BCUT2D eigenvalue weighted by Crippen LogP contribution is -2.36. The predicted octanol–water partition coefficient (Wildman–Crippen LogP) is 3.59. The minimum Gasteiger partial charge on any atom is -0.378 e. The van der Waals surface area contributed by atoms with Gasteiger partial charge in [-0.15, -0.1) is 0 Å². The highest BCUT2D eigenvalue weighted by atomic mass is 32.2. The first kappa shape index (κ1) is 22.8. The maximum Gasteiger partial charge on any atom is 0.234 e. The Kier molecular flexibility index (Phi) is 7.90. The highest BCUT2D eigenvalue weighted by Crippen LogP contribution is 2.26. The molecule has 4 rings (SSSR count). The van der Waals surface area contributed by atoms with E-state index in [1.54, 1.807) is 18.0 Å². The van der Waals surface area contributed by atoms with E-state index >= 15 is 0 Å². The van der Waals surface area contributed by atoms with Crippen LogP contribution in [0, 0.1) is 11.3 Å². The number of amides is 1. The third kappa shape index (κ3) is 6.78. The molecule has 7 nitrogen and oxygen atoms in total. The molecular formula is C25H25N5O2S. The summed E-state index contributed by atoms with van der Waals surface area (Å²) in [6.45, 7) is 3.83. The molecule has 0 bridgehead atoms. The Morgan fingerprint density at radius 1 is 1.06 bits per heavy atom. The lowest BCUT2D eigenvalue weighted by molar-refractivity contribution is -0.120. The van der Waals surface area contributed by atoms with E-state index in [1.807, 2.05) is 36.4 Å². The summed E-state index contributed by atoms with van der Waals surface area (Å²) < 4.78 is 5.43. The Bertz CT molecular complexity index is 1110. The summed E-state index contributed by atoms with van der Waals surface area (Å²) in [7, 11) is 0. The fraction of sp³-hybridized carbons (Fsp3) is 0.280. The van der Waals surface area contributed by atoms with Gasteiger partial charge in [-0.25, -0.2) is 9.97 Å². The van der Waals surface area contributed by atoms with Crippen molar-refractivity contribution >= 4 is 23.4 Å². The number of benzene rings is 2. The number of carbonyl (C=O) groups excluding carboxylic acids is 1. The van der Waals surface area contributed by atoms with Gasteiger partial charge in [0.15, 0.2) is 0 Å². The van der Waals surface area contributed by atoms with Crippen molar-refractivity contribution in [3.05, 3.63) is 77.7 Å². The second-order valence-corrected chi connectivity index (χ2v) is 8.71. The Morgan fingerprint density at radius 2 is 1.79 bits per heavy atom. The molecular weight excluding hydrogens is 434 g/mol. The third-order valence-corrected chi connectivity index (χ3v) is 6.17. The third-order valence-electron chi connectivity index (χ3n) is 5.23. The van der Waals surface area contributed by atoms with E-state index in [4.69, 9.17) is 15.0 Å². The van der Waals surface area contributed by atoms with Crippen molar-refractivity contribution in [2.75, 3.05) is 31.2 Å². The molecule has 3 aromatic rings. The van der Waals surface area contributed by atoms with Crippen molar-refractivity contribution in [3.63, 3.8) is 0 Å². The number of anilines is 1. The first-order valence-electron chi connectivity index (χ1n) is 10.8. The molecule has 168 valence electrons. The van der Waals surface area contributed by atoms with E-state index in [2.05, 4.69) is 39.5 Å². The Hall–Kier alpha value is -3.41. The molecule has 1 aromatic heterocycles. The number of nitrogens with zero attached hydrogens (tertiary/aromatic N) is 4. The van der Waals surface area contributed by atoms with Crippen molar-refractivity contribution in [3.8, 4) is 6.07 Å². The molecule has 0 atom stereocenters. The molecule has 1 fully saturated rings. The van der Waals surface area contributed by atoms with Crippen LogP contribution in [0.4, 0.5) is 5.69 Å². The number of nitrogens with one attached hydrogen (secondary N) is 1. The molecule has 33 heavy (non-hydrogen) atoms. The summed E-state index contributed by atoms with van der Waals surface area (Å²) in [5.41, 5.74) is 3.38. The van der Waals surface area contributed by atoms with Gasteiger partial charge in [0.25, 0.3) is 0 Å². The van der Waals surface area contributed by atoms with Crippen LogP contribution in [0.25, 0.3) is 0 Å². The van der Waals surface area contributed by atoms with Crippen LogP contribution < -0.4 is 10.2 Å². The zero-order valence-corrected chi connectivity index (χ0v) is 19.1. The van der Waals surface area contributed by atoms with Crippen molar-refractivity contribution in [2.24, 2.45) is 0 Å². The fourth-order valence-corrected chi connectivity index (χ4v) is 4.28. The van der Waals surface area contributed by atoms with Crippen LogP contribution in [0.1, 0.15) is 23.4 Å². The van der Waals surface area contributed by atoms with E-state index in [0.29, 0.717) is 13.0 Å².